The van der Waals surface area contributed by atoms with E-state index >= 15 is 0 Å². The number of aromatic nitrogens is 1. The van der Waals surface area contributed by atoms with Gasteiger partial charge in [-0.05, 0) is 24.8 Å². The summed E-state index contributed by atoms with van der Waals surface area (Å²) in [5.41, 5.74) is 0.511. The maximum Gasteiger partial charge on any atom is 0.255 e. The van der Waals surface area contributed by atoms with Crippen molar-refractivity contribution in [3.05, 3.63) is 28.0 Å². The first-order valence-corrected chi connectivity index (χ1v) is 6.86. The fourth-order valence-corrected chi connectivity index (χ4v) is 2.15. The predicted octanol–water partition coefficient (Wildman–Crippen LogP) is 3.65. The van der Waals surface area contributed by atoms with Gasteiger partial charge in [0.15, 0.2) is 0 Å². The molecule has 1 aliphatic carbocycles. The van der Waals surface area contributed by atoms with Crippen LogP contribution >= 0.6 is 23.2 Å². The van der Waals surface area contributed by atoms with Gasteiger partial charge < -0.3 is 4.90 Å². The number of carbonyl (C=O) groups excluding carboxylic acids is 1. The van der Waals surface area contributed by atoms with Gasteiger partial charge in [-0.2, -0.15) is 0 Å². The van der Waals surface area contributed by atoms with Gasteiger partial charge in [-0.3, -0.25) is 4.79 Å². The van der Waals surface area contributed by atoms with Gasteiger partial charge in [0, 0.05) is 18.8 Å². The van der Waals surface area contributed by atoms with Crippen molar-refractivity contribution in [1.29, 1.82) is 0 Å². The van der Waals surface area contributed by atoms with Crippen LogP contribution in [0.2, 0.25) is 10.2 Å². The first kappa shape index (κ1) is 13.6. The topological polar surface area (TPSA) is 33.2 Å². The van der Waals surface area contributed by atoms with E-state index in [1.807, 2.05) is 4.90 Å². The first-order chi connectivity index (χ1) is 8.49. The normalized spacial score (nSPS) is 14.9. The Bertz CT molecular complexity index is 458. The highest BCUT2D eigenvalue weighted by Crippen LogP contribution is 2.29. The van der Waals surface area contributed by atoms with E-state index in [4.69, 9.17) is 23.2 Å². The lowest BCUT2D eigenvalue weighted by Gasteiger charge is -2.24. The van der Waals surface area contributed by atoms with E-state index in [1.54, 1.807) is 6.07 Å². The van der Waals surface area contributed by atoms with Crippen LogP contribution in [-0.2, 0) is 0 Å². The Morgan fingerprint density at radius 2 is 2.17 bits per heavy atom. The van der Waals surface area contributed by atoms with Crippen LogP contribution in [0.1, 0.15) is 37.0 Å². The lowest BCUT2D eigenvalue weighted by atomic mass is 10.1. The molecule has 5 heteroatoms. The molecule has 1 aliphatic rings. The van der Waals surface area contributed by atoms with E-state index < -0.39 is 0 Å². The summed E-state index contributed by atoms with van der Waals surface area (Å²) in [5.74, 6) is 0.447. The zero-order valence-corrected chi connectivity index (χ0v) is 12.0. The first-order valence-electron chi connectivity index (χ1n) is 6.11. The van der Waals surface area contributed by atoms with E-state index in [1.165, 1.54) is 6.20 Å². The van der Waals surface area contributed by atoms with Crippen molar-refractivity contribution in [3.8, 4) is 0 Å². The fourth-order valence-electron chi connectivity index (χ4n) is 1.88. The molecule has 0 aliphatic heterocycles. The molecule has 18 heavy (non-hydrogen) atoms. The monoisotopic (exact) mass is 286 g/mol. The molecule has 98 valence electrons. The van der Waals surface area contributed by atoms with Crippen LogP contribution in [0.15, 0.2) is 12.3 Å². The Hall–Kier alpha value is -0.800. The molecule has 1 amide bonds. The summed E-state index contributed by atoms with van der Waals surface area (Å²) in [4.78, 5) is 18.3. The number of rotatable bonds is 4. The van der Waals surface area contributed by atoms with Crippen LogP contribution in [0.4, 0.5) is 0 Å². The second-order valence-corrected chi connectivity index (χ2v) is 5.84. The summed E-state index contributed by atoms with van der Waals surface area (Å²) in [5, 5.41) is 0.554. The zero-order chi connectivity index (χ0) is 13.3. The highest BCUT2D eigenvalue weighted by atomic mass is 35.5. The van der Waals surface area contributed by atoms with Gasteiger partial charge in [-0.25, -0.2) is 4.98 Å². The van der Waals surface area contributed by atoms with Crippen molar-refractivity contribution in [1.82, 2.24) is 9.88 Å². The molecule has 0 saturated heterocycles. The van der Waals surface area contributed by atoms with Gasteiger partial charge in [0.05, 0.1) is 10.6 Å². The Balaban J connectivity index is 2.19. The van der Waals surface area contributed by atoms with Crippen molar-refractivity contribution >= 4 is 29.1 Å². The van der Waals surface area contributed by atoms with Gasteiger partial charge >= 0.3 is 0 Å². The third kappa shape index (κ3) is 3.15. The molecular weight excluding hydrogens is 271 g/mol. The molecule has 0 unspecified atom stereocenters. The van der Waals surface area contributed by atoms with Crippen molar-refractivity contribution in [2.45, 2.75) is 32.7 Å². The molecule has 1 aromatic heterocycles. The third-order valence-corrected chi connectivity index (χ3v) is 3.54. The zero-order valence-electron chi connectivity index (χ0n) is 10.5. The molecule has 0 atom stereocenters. The quantitative estimate of drug-likeness (QED) is 0.792. The Kier molecular flexibility index (Phi) is 4.13. The molecule has 0 N–H and O–H groups in total. The molecule has 0 spiro atoms. The average Bonchev–Trinajstić information content (AvgIpc) is 3.12. The van der Waals surface area contributed by atoms with E-state index in [0.29, 0.717) is 22.5 Å². The number of nitrogens with zero attached hydrogens (tertiary/aromatic N) is 2. The molecule has 2 rings (SSSR count). The number of hydrogen-bond donors (Lipinski definition) is 0. The summed E-state index contributed by atoms with van der Waals surface area (Å²) in [7, 11) is 0. The molecular formula is C13H16Cl2N2O. The summed E-state index contributed by atoms with van der Waals surface area (Å²) in [6.45, 7) is 4.98. The van der Waals surface area contributed by atoms with E-state index in [-0.39, 0.29) is 11.1 Å². The van der Waals surface area contributed by atoms with Crippen LogP contribution in [0.5, 0.6) is 0 Å². The Morgan fingerprint density at radius 1 is 1.50 bits per heavy atom. The molecule has 0 bridgehead atoms. The smallest absolute Gasteiger partial charge is 0.255 e. The summed E-state index contributed by atoms with van der Waals surface area (Å²) < 4.78 is 0. The minimum absolute atomic E-state index is 0.00253. The van der Waals surface area contributed by atoms with Gasteiger partial charge in [-0.15, -0.1) is 0 Å². The van der Waals surface area contributed by atoms with Crippen molar-refractivity contribution in [2.75, 3.05) is 6.54 Å². The molecule has 1 fully saturated rings. The van der Waals surface area contributed by atoms with Crippen molar-refractivity contribution in [3.63, 3.8) is 0 Å². The van der Waals surface area contributed by atoms with Crippen LogP contribution in [0.25, 0.3) is 0 Å². The number of amides is 1. The highest BCUT2D eigenvalue weighted by molar-refractivity contribution is 6.41. The molecule has 0 radical (unpaired) electrons. The van der Waals surface area contributed by atoms with Gasteiger partial charge in [0.2, 0.25) is 0 Å². The van der Waals surface area contributed by atoms with Gasteiger partial charge in [-0.1, -0.05) is 37.0 Å². The number of hydrogen-bond acceptors (Lipinski definition) is 2. The standard InChI is InChI=1S/C13H16Cl2N2O/c1-8(2)7-17(10-3-4-10)13(18)9-5-11(14)12(15)16-6-9/h5-6,8,10H,3-4,7H2,1-2H3. The molecule has 1 heterocycles. The lowest BCUT2D eigenvalue weighted by Crippen LogP contribution is -2.36. The van der Waals surface area contributed by atoms with E-state index in [0.717, 1.165) is 19.4 Å². The maximum absolute atomic E-state index is 12.4. The van der Waals surface area contributed by atoms with E-state index in [2.05, 4.69) is 18.8 Å². The van der Waals surface area contributed by atoms with E-state index in [9.17, 15) is 4.79 Å². The average molecular weight is 287 g/mol. The summed E-state index contributed by atoms with van der Waals surface area (Å²) in [6.07, 6.45) is 3.67. The fraction of sp³-hybridized carbons (Fsp3) is 0.538. The third-order valence-electron chi connectivity index (χ3n) is 2.85. The lowest BCUT2D eigenvalue weighted by molar-refractivity contribution is 0.0722. The minimum Gasteiger partial charge on any atom is -0.335 e. The van der Waals surface area contributed by atoms with Crippen LogP contribution in [0.3, 0.4) is 0 Å². The highest BCUT2D eigenvalue weighted by Gasteiger charge is 2.33. The number of carbonyl (C=O) groups is 1. The Labute approximate surface area is 117 Å². The largest absolute Gasteiger partial charge is 0.335 e. The molecule has 3 nitrogen and oxygen atoms in total. The van der Waals surface area contributed by atoms with Crippen LogP contribution < -0.4 is 0 Å². The Morgan fingerprint density at radius 3 is 2.67 bits per heavy atom. The van der Waals surface area contributed by atoms with Crippen molar-refractivity contribution < 1.29 is 4.79 Å². The van der Waals surface area contributed by atoms with Crippen LogP contribution in [-0.4, -0.2) is 28.4 Å². The number of halogens is 2. The molecule has 1 saturated carbocycles. The van der Waals surface area contributed by atoms with Crippen LogP contribution in [0, 0.1) is 5.92 Å². The SMILES string of the molecule is CC(C)CN(C(=O)c1cnc(Cl)c(Cl)c1)C1CC1. The maximum atomic E-state index is 12.4. The number of pyridine rings is 1. The molecule has 1 aromatic rings. The molecule has 0 aromatic carbocycles. The summed E-state index contributed by atoms with van der Waals surface area (Å²) >= 11 is 11.7. The van der Waals surface area contributed by atoms with Crippen molar-refractivity contribution in [2.24, 2.45) is 5.92 Å². The van der Waals surface area contributed by atoms with Gasteiger partial charge in [0.1, 0.15) is 5.15 Å². The summed E-state index contributed by atoms with van der Waals surface area (Å²) in [6, 6.07) is 1.98. The second-order valence-electron chi connectivity index (χ2n) is 5.08. The second kappa shape index (κ2) is 5.45. The van der Waals surface area contributed by atoms with Gasteiger partial charge in [0.25, 0.3) is 5.91 Å². The predicted molar refractivity (Wildman–Crippen MR) is 73.2 cm³/mol. The minimum atomic E-state index is -0.00253.